The molecule has 0 aromatic carbocycles. The van der Waals surface area contributed by atoms with E-state index < -0.39 is 5.97 Å². The molecule has 0 aromatic heterocycles. The van der Waals surface area contributed by atoms with E-state index in [4.69, 9.17) is 28.3 Å². The van der Waals surface area contributed by atoms with Gasteiger partial charge in [-0.2, -0.15) is 0 Å². The van der Waals surface area contributed by atoms with Crippen LogP contribution in [-0.2, 0) is 4.79 Å². The molecule has 0 radical (unpaired) electrons. The van der Waals surface area contributed by atoms with Gasteiger partial charge in [-0.25, -0.2) is 0 Å². The molecule has 0 aliphatic heterocycles. The third-order valence-corrected chi connectivity index (χ3v) is 0.965. The molecular formula is C5H7Cl3O2. The highest BCUT2D eigenvalue weighted by Gasteiger charge is 1.92. The highest BCUT2D eigenvalue weighted by Crippen LogP contribution is 2.07. The lowest BCUT2D eigenvalue weighted by molar-refractivity contribution is -0.136. The lowest BCUT2D eigenvalue weighted by Gasteiger charge is -1.85. The van der Waals surface area contributed by atoms with Gasteiger partial charge in [0.15, 0.2) is 0 Å². The molecule has 1 N–H and O–H groups in total. The second-order valence-corrected chi connectivity index (χ2v) is 2.43. The molecule has 0 heterocycles. The molecule has 0 bridgehead atoms. The summed E-state index contributed by atoms with van der Waals surface area (Å²) in [5.41, 5.74) is 0. The number of carboxylic acids is 1. The third-order valence-electron chi connectivity index (χ3n) is 0.657. The maximum absolute atomic E-state index is 9.87. The van der Waals surface area contributed by atoms with Crippen LogP contribution >= 0.6 is 35.6 Å². The molecule has 0 amide bonds. The second kappa shape index (κ2) is 7.19. The lowest BCUT2D eigenvalue weighted by atomic mass is 10.3. The number of carboxylic acid groups (broad SMARTS) is 1. The molecule has 0 aliphatic rings. The Morgan fingerprint density at radius 1 is 1.50 bits per heavy atom. The van der Waals surface area contributed by atoms with Crippen molar-refractivity contribution in [2.75, 3.05) is 0 Å². The fourth-order valence-corrected chi connectivity index (χ4v) is 0.523. The minimum Gasteiger partial charge on any atom is -0.481 e. The summed E-state index contributed by atoms with van der Waals surface area (Å²) in [6, 6.07) is 0. The molecule has 0 spiro atoms. The van der Waals surface area contributed by atoms with E-state index >= 15 is 0 Å². The van der Waals surface area contributed by atoms with Crippen molar-refractivity contribution in [3.63, 3.8) is 0 Å². The van der Waals surface area contributed by atoms with Crippen LogP contribution < -0.4 is 0 Å². The average Bonchev–Trinajstić information content (AvgIpc) is 1.63. The molecule has 5 heteroatoms. The number of hydrogen-bond acceptors (Lipinski definition) is 1. The molecule has 0 aliphatic carbocycles. The van der Waals surface area contributed by atoms with Crippen molar-refractivity contribution in [3.05, 3.63) is 10.6 Å². The quantitative estimate of drug-likeness (QED) is 0.769. The summed E-state index contributed by atoms with van der Waals surface area (Å²) in [7, 11) is 0. The van der Waals surface area contributed by atoms with Gasteiger partial charge in [-0.05, 0) is 6.42 Å². The molecule has 0 rings (SSSR count). The normalized spacial score (nSPS) is 7.80. The first-order chi connectivity index (χ1) is 4.13. The molecule has 0 unspecified atom stereocenters. The van der Waals surface area contributed by atoms with Crippen molar-refractivity contribution in [2.45, 2.75) is 12.8 Å². The summed E-state index contributed by atoms with van der Waals surface area (Å²) in [5.74, 6) is -0.846. The molecule has 0 aromatic rings. The van der Waals surface area contributed by atoms with Gasteiger partial charge in [0.2, 0.25) is 0 Å². The minimum absolute atomic E-state index is 0. The van der Waals surface area contributed by atoms with Crippen LogP contribution in [0, 0.1) is 0 Å². The predicted octanol–water partition coefficient (Wildman–Crippen LogP) is 2.59. The minimum atomic E-state index is -0.846. The Bertz CT molecular complexity index is 129. The Balaban J connectivity index is 0. The first-order valence-electron chi connectivity index (χ1n) is 2.36. The molecular weight excluding hydrogens is 198 g/mol. The maximum atomic E-state index is 9.87. The molecule has 0 atom stereocenters. The largest absolute Gasteiger partial charge is 0.481 e. The van der Waals surface area contributed by atoms with E-state index in [1.165, 1.54) is 6.08 Å². The van der Waals surface area contributed by atoms with Gasteiger partial charge in [0.1, 0.15) is 4.49 Å². The molecule has 60 valence electrons. The molecule has 0 saturated heterocycles. The SMILES string of the molecule is Cl.O=C(O)CCC=C(Cl)Cl. The van der Waals surface area contributed by atoms with Crippen molar-refractivity contribution in [2.24, 2.45) is 0 Å². The van der Waals surface area contributed by atoms with Gasteiger partial charge in [-0.1, -0.05) is 29.3 Å². The van der Waals surface area contributed by atoms with E-state index in [1.807, 2.05) is 0 Å². The molecule has 2 nitrogen and oxygen atoms in total. The van der Waals surface area contributed by atoms with Crippen molar-refractivity contribution in [1.82, 2.24) is 0 Å². The molecule has 0 saturated carbocycles. The van der Waals surface area contributed by atoms with Crippen molar-refractivity contribution < 1.29 is 9.90 Å². The zero-order chi connectivity index (χ0) is 7.28. The van der Waals surface area contributed by atoms with Crippen LogP contribution in [0.15, 0.2) is 10.6 Å². The van der Waals surface area contributed by atoms with Crippen LogP contribution in [0.3, 0.4) is 0 Å². The average molecular weight is 205 g/mol. The Morgan fingerprint density at radius 3 is 2.30 bits per heavy atom. The second-order valence-electron chi connectivity index (χ2n) is 1.43. The fourth-order valence-electron chi connectivity index (χ4n) is 0.305. The number of aliphatic carboxylic acids is 1. The smallest absolute Gasteiger partial charge is 0.303 e. The van der Waals surface area contributed by atoms with E-state index in [-0.39, 0.29) is 23.3 Å². The summed E-state index contributed by atoms with van der Waals surface area (Å²) in [4.78, 5) is 9.87. The van der Waals surface area contributed by atoms with Gasteiger partial charge >= 0.3 is 5.97 Å². The Hall–Kier alpha value is 0.0800. The van der Waals surface area contributed by atoms with Crippen molar-refractivity contribution in [1.29, 1.82) is 0 Å². The number of carbonyl (C=O) groups is 1. The fraction of sp³-hybridized carbons (Fsp3) is 0.400. The summed E-state index contributed by atoms with van der Waals surface area (Å²) in [6.07, 6.45) is 1.91. The summed E-state index contributed by atoms with van der Waals surface area (Å²) < 4.78 is 0.122. The highest BCUT2D eigenvalue weighted by molar-refractivity contribution is 6.55. The third kappa shape index (κ3) is 11.0. The first kappa shape index (κ1) is 12.7. The number of hydrogen-bond donors (Lipinski definition) is 1. The van der Waals surface area contributed by atoms with Crippen molar-refractivity contribution in [3.8, 4) is 0 Å². The first-order valence-corrected chi connectivity index (χ1v) is 3.11. The standard InChI is InChI=1S/C5H6Cl2O2.ClH/c6-4(7)2-1-3-5(8)9;/h2H,1,3H2,(H,8,9);1H. The van der Waals surface area contributed by atoms with E-state index in [0.29, 0.717) is 6.42 Å². The number of allylic oxidation sites excluding steroid dienone is 1. The highest BCUT2D eigenvalue weighted by atomic mass is 35.5. The zero-order valence-corrected chi connectivity index (χ0v) is 7.34. The van der Waals surface area contributed by atoms with E-state index in [1.54, 1.807) is 0 Å². The zero-order valence-electron chi connectivity index (χ0n) is 5.01. The van der Waals surface area contributed by atoms with Gasteiger partial charge in [0.05, 0.1) is 0 Å². The predicted molar refractivity (Wildman–Crippen MR) is 43.9 cm³/mol. The monoisotopic (exact) mass is 204 g/mol. The maximum Gasteiger partial charge on any atom is 0.303 e. The van der Waals surface area contributed by atoms with Gasteiger partial charge in [-0.15, -0.1) is 12.4 Å². The van der Waals surface area contributed by atoms with Crippen LogP contribution in [0.2, 0.25) is 0 Å². The van der Waals surface area contributed by atoms with Crippen LogP contribution in [-0.4, -0.2) is 11.1 Å². The molecule has 0 fully saturated rings. The van der Waals surface area contributed by atoms with Gasteiger partial charge in [-0.3, -0.25) is 4.79 Å². The Kier molecular flexibility index (Phi) is 9.15. The summed E-state index contributed by atoms with van der Waals surface area (Å²) in [6.45, 7) is 0. The van der Waals surface area contributed by atoms with Crippen LogP contribution in [0.5, 0.6) is 0 Å². The lowest BCUT2D eigenvalue weighted by Crippen LogP contribution is -1.91. The van der Waals surface area contributed by atoms with E-state index in [2.05, 4.69) is 0 Å². The summed E-state index contributed by atoms with van der Waals surface area (Å²) in [5, 5.41) is 8.11. The van der Waals surface area contributed by atoms with Crippen LogP contribution in [0.4, 0.5) is 0 Å². The van der Waals surface area contributed by atoms with Crippen molar-refractivity contribution >= 4 is 41.6 Å². The Labute approximate surface area is 75.2 Å². The van der Waals surface area contributed by atoms with E-state index in [9.17, 15) is 4.79 Å². The van der Waals surface area contributed by atoms with Gasteiger partial charge < -0.3 is 5.11 Å². The van der Waals surface area contributed by atoms with Gasteiger partial charge in [0.25, 0.3) is 0 Å². The Morgan fingerprint density at radius 2 is 2.00 bits per heavy atom. The van der Waals surface area contributed by atoms with Gasteiger partial charge in [0, 0.05) is 6.42 Å². The van der Waals surface area contributed by atoms with E-state index in [0.717, 1.165) is 0 Å². The summed E-state index contributed by atoms with van der Waals surface area (Å²) >= 11 is 10.4. The number of halogens is 3. The topological polar surface area (TPSA) is 37.3 Å². The number of rotatable bonds is 3. The van der Waals surface area contributed by atoms with Crippen LogP contribution in [0.1, 0.15) is 12.8 Å². The molecule has 10 heavy (non-hydrogen) atoms. The van der Waals surface area contributed by atoms with Crippen LogP contribution in [0.25, 0.3) is 0 Å².